The summed E-state index contributed by atoms with van der Waals surface area (Å²) >= 11 is 5.92. The molecule has 0 unspecified atom stereocenters. The van der Waals surface area contributed by atoms with Crippen LogP contribution in [0.15, 0.2) is 42.7 Å². The lowest BCUT2D eigenvalue weighted by Crippen LogP contribution is -2.45. The number of hydrogen-bond acceptors (Lipinski definition) is 5. The van der Waals surface area contributed by atoms with Crippen molar-refractivity contribution in [3.8, 4) is 17.3 Å². The molecule has 4 rings (SSSR count). The Labute approximate surface area is 193 Å². The van der Waals surface area contributed by atoms with Gasteiger partial charge in [-0.3, -0.25) is 9.48 Å². The second-order valence-corrected chi connectivity index (χ2v) is 8.40. The highest BCUT2D eigenvalue weighted by molar-refractivity contribution is 6.30. The van der Waals surface area contributed by atoms with E-state index in [0.29, 0.717) is 16.1 Å². The SMILES string of the molecule is Cn1cc(-c2nc(C(F)F)c(C(=O)N3CCC(O)(c4ccc(Cl)cc4)CC3)cc2C#N)cn1. The van der Waals surface area contributed by atoms with Crippen LogP contribution in [0.1, 0.15) is 46.4 Å². The van der Waals surface area contributed by atoms with E-state index in [1.165, 1.54) is 21.8 Å². The number of aryl methyl sites for hydroxylation is 1. The number of pyridine rings is 1. The first-order chi connectivity index (χ1) is 15.7. The highest BCUT2D eigenvalue weighted by atomic mass is 35.5. The lowest BCUT2D eigenvalue weighted by atomic mass is 9.84. The second kappa shape index (κ2) is 8.89. The van der Waals surface area contributed by atoms with Crippen LogP contribution in [0.4, 0.5) is 8.78 Å². The van der Waals surface area contributed by atoms with Crippen molar-refractivity contribution >= 4 is 17.5 Å². The number of nitriles is 1. The minimum atomic E-state index is -3.01. The van der Waals surface area contributed by atoms with E-state index >= 15 is 0 Å². The van der Waals surface area contributed by atoms with Crippen LogP contribution in [0, 0.1) is 11.3 Å². The van der Waals surface area contributed by atoms with Crippen LogP contribution in [-0.4, -0.2) is 43.8 Å². The first-order valence-corrected chi connectivity index (χ1v) is 10.6. The fourth-order valence-electron chi connectivity index (χ4n) is 4.01. The normalized spacial score (nSPS) is 15.5. The van der Waals surface area contributed by atoms with Crippen LogP contribution in [0.3, 0.4) is 0 Å². The maximum absolute atomic E-state index is 13.9. The topological polar surface area (TPSA) is 95.0 Å². The molecule has 1 fully saturated rings. The minimum Gasteiger partial charge on any atom is -0.385 e. The van der Waals surface area contributed by atoms with Gasteiger partial charge in [-0.25, -0.2) is 13.8 Å². The lowest BCUT2D eigenvalue weighted by molar-refractivity contribution is -0.0212. The Balaban J connectivity index is 1.62. The quantitative estimate of drug-likeness (QED) is 0.619. The Kier molecular flexibility index (Phi) is 6.15. The molecule has 3 aromatic rings. The van der Waals surface area contributed by atoms with E-state index in [0.717, 1.165) is 0 Å². The fourth-order valence-corrected chi connectivity index (χ4v) is 4.14. The lowest BCUT2D eigenvalue weighted by Gasteiger charge is -2.38. The van der Waals surface area contributed by atoms with Crippen molar-refractivity contribution < 1.29 is 18.7 Å². The number of aliphatic hydroxyl groups is 1. The average Bonchev–Trinajstić information content (AvgIpc) is 3.24. The maximum atomic E-state index is 13.9. The van der Waals surface area contributed by atoms with E-state index in [9.17, 15) is 23.9 Å². The molecule has 1 amide bonds. The van der Waals surface area contributed by atoms with Crippen molar-refractivity contribution in [1.29, 1.82) is 5.26 Å². The molecule has 1 aliphatic rings. The number of nitrogens with zero attached hydrogens (tertiary/aromatic N) is 5. The van der Waals surface area contributed by atoms with E-state index in [2.05, 4.69) is 10.1 Å². The molecular formula is C23H20ClF2N5O2. The second-order valence-electron chi connectivity index (χ2n) is 7.96. The molecule has 0 atom stereocenters. The van der Waals surface area contributed by atoms with E-state index in [1.807, 2.05) is 6.07 Å². The molecule has 1 aliphatic heterocycles. The summed E-state index contributed by atoms with van der Waals surface area (Å²) in [6.07, 6.45) is 0.431. The number of piperidine rings is 1. The summed E-state index contributed by atoms with van der Waals surface area (Å²) < 4.78 is 29.2. The van der Waals surface area contributed by atoms with Gasteiger partial charge in [0.05, 0.1) is 28.6 Å². The van der Waals surface area contributed by atoms with Gasteiger partial charge < -0.3 is 10.0 Å². The summed E-state index contributed by atoms with van der Waals surface area (Å²) in [5, 5.41) is 25.1. The number of amides is 1. The molecule has 7 nitrogen and oxygen atoms in total. The summed E-state index contributed by atoms with van der Waals surface area (Å²) in [4.78, 5) is 18.6. The van der Waals surface area contributed by atoms with Crippen LogP contribution in [0.2, 0.25) is 5.02 Å². The van der Waals surface area contributed by atoms with Crippen molar-refractivity contribution in [1.82, 2.24) is 19.7 Å². The summed E-state index contributed by atoms with van der Waals surface area (Å²) in [6.45, 7) is 0.319. The molecule has 1 aromatic carbocycles. The van der Waals surface area contributed by atoms with Gasteiger partial charge >= 0.3 is 0 Å². The number of likely N-dealkylation sites (tertiary alicyclic amines) is 1. The Hall–Kier alpha value is -3.35. The van der Waals surface area contributed by atoms with Gasteiger partial charge in [0.25, 0.3) is 12.3 Å². The molecule has 0 saturated carbocycles. The molecular weight excluding hydrogens is 452 g/mol. The molecule has 170 valence electrons. The summed E-state index contributed by atoms with van der Waals surface area (Å²) in [5.74, 6) is -0.648. The third-order valence-corrected chi connectivity index (χ3v) is 6.10. The van der Waals surface area contributed by atoms with Crippen molar-refractivity contribution in [3.05, 3.63) is 70.1 Å². The average molecular weight is 472 g/mol. The molecule has 0 radical (unpaired) electrons. The number of carbonyl (C=O) groups is 1. The molecule has 10 heteroatoms. The number of aromatic nitrogens is 3. The van der Waals surface area contributed by atoms with Crippen molar-refractivity contribution in [2.75, 3.05) is 13.1 Å². The largest absolute Gasteiger partial charge is 0.385 e. The number of halogens is 3. The third kappa shape index (κ3) is 4.45. The zero-order chi connectivity index (χ0) is 23.8. The molecule has 1 N–H and O–H groups in total. The van der Waals surface area contributed by atoms with Gasteiger partial charge in [-0.2, -0.15) is 10.4 Å². The zero-order valence-corrected chi connectivity index (χ0v) is 18.4. The molecule has 2 aromatic heterocycles. The predicted octanol–water partition coefficient (Wildman–Crippen LogP) is 4.07. The first-order valence-electron chi connectivity index (χ1n) is 10.2. The summed E-state index contributed by atoms with van der Waals surface area (Å²) in [5.41, 5.74) is -1.00. The summed E-state index contributed by atoms with van der Waals surface area (Å²) in [7, 11) is 1.66. The van der Waals surface area contributed by atoms with Gasteiger partial charge in [0, 0.05) is 36.9 Å². The number of hydrogen-bond donors (Lipinski definition) is 1. The number of alkyl halides is 2. The van der Waals surface area contributed by atoms with E-state index < -0.39 is 23.6 Å². The monoisotopic (exact) mass is 471 g/mol. The van der Waals surface area contributed by atoms with Gasteiger partial charge in [-0.05, 0) is 36.6 Å². The third-order valence-electron chi connectivity index (χ3n) is 5.85. The Bertz CT molecular complexity index is 1230. The van der Waals surface area contributed by atoms with Gasteiger partial charge in [0.1, 0.15) is 11.8 Å². The number of rotatable bonds is 4. The van der Waals surface area contributed by atoms with Gasteiger partial charge in [0.15, 0.2) is 0 Å². The maximum Gasteiger partial charge on any atom is 0.281 e. The Morgan fingerprint density at radius 2 is 1.94 bits per heavy atom. The smallest absolute Gasteiger partial charge is 0.281 e. The van der Waals surface area contributed by atoms with Crippen molar-refractivity contribution in [2.24, 2.45) is 7.05 Å². The minimum absolute atomic E-state index is 0.00503. The van der Waals surface area contributed by atoms with Crippen LogP contribution in [-0.2, 0) is 12.6 Å². The zero-order valence-electron chi connectivity index (χ0n) is 17.7. The fraction of sp³-hybridized carbons (Fsp3) is 0.304. The van der Waals surface area contributed by atoms with Crippen LogP contribution in [0.5, 0.6) is 0 Å². The first kappa shape index (κ1) is 22.8. The molecule has 0 bridgehead atoms. The van der Waals surface area contributed by atoms with Crippen molar-refractivity contribution in [2.45, 2.75) is 24.9 Å². The van der Waals surface area contributed by atoms with Crippen LogP contribution in [0.25, 0.3) is 11.3 Å². The molecule has 3 heterocycles. The molecule has 0 spiro atoms. The number of benzene rings is 1. The molecule has 33 heavy (non-hydrogen) atoms. The van der Waals surface area contributed by atoms with Gasteiger partial charge in [0.2, 0.25) is 0 Å². The van der Waals surface area contributed by atoms with Gasteiger partial charge in [-0.1, -0.05) is 23.7 Å². The van der Waals surface area contributed by atoms with E-state index in [4.69, 9.17) is 11.6 Å². The predicted molar refractivity (Wildman–Crippen MR) is 117 cm³/mol. The Morgan fingerprint density at radius 3 is 2.48 bits per heavy atom. The highest BCUT2D eigenvalue weighted by Gasteiger charge is 2.37. The highest BCUT2D eigenvalue weighted by Crippen LogP contribution is 2.35. The summed E-state index contributed by atoms with van der Waals surface area (Å²) in [6, 6.07) is 9.93. The molecule has 0 aliphatic carbocycles. The van der Waals surface area contributed by atoms with Gasteiger partial charge in [-0.15, -0.1) is 0 Å². The number of carbonyl (C=O) groups excluding carboxylic acids is 1. The standard InChI is InChI=1S/C23H20ClF2N5O2/c1-30-13-15(12-28-30)19-14(11-27)10-18(20(29-19)21(25)26)22(32)31-8-6-23(33,7-9-31)16-2-4-17(24)5-3-16/h2-5,10,12-13,21,33H,6-9H2,1H3. The van der Waals surface area contributed by atoms with Crippen LogP contribution < -0.4 is 0 Å². The van der Waals surface area contributed by atoms with E-state index in [1.54, 1.807) is 37.5 Å². The van der Waals surface area contributed by atoms with E-state index in [-0.39, 0.29) is 42.8 Å². The van der Waals surface area contributed by atoms with Crippen molar-refractivity contribution in [3.63, 3.8) is 0 Å². The van der Waals surface area contributed by atoms with Crippen LogP contribution >= 0.6 is 11.6 Å². The molecule has 1 saturated heterocycles. The Morgan fingerprint density at radius 1 is 1.27 bits per heavy atom.